The van der Waals surface area contributed by atoms with E-state index in [0.29, 0.717) is 5.82 Å². The molecule has 0 aliphatic carbocycles. The molecule has 0 bridgehead atoms. The van der Waals surface area contributed by atoms with Crippen LogP contribution in [0.4, 0.5) is 5.82 Å². The molecule has 0 aliphatic heterocycles. The fraction of sp³-hybridized carbons (Fsp3) is 0.0500. The van der Waals surface area contributed by atoms with Gasteiger partial charge >= 0.3 is 0 Å². The molecule has 0 radical (unpaired) electrons. The lowest BCUT2D eigenvalue weighted by Gasteiger charge is -2.08. The lowest BCUT2D eigenvalue weighted by Crippen LogP contribution is -1.91. The fourth-order valence-electron chi connectivity index (χ4n) is 2.89. The predicted molar refractivity (Wildman–Crippen MR) is 99.6 cm³/mol. The van der Waals surface area contributed by atoms with Gasteiger partial charge in [-0.3, -0.25) is 0 Å². The highest BCUT2D eigenvalue weighted by atomic mass is 32.1. The Bertz CT molecular complexity index is 987. The molecule has 0 spiro atoms. The highest BCUT2D eigenvalue weighted by Gasteiger charge is 2.11. The normalized spacial score (nSPS) is 11.0. The molecule has 4 rings (SSSR count). The topological polar surface area (TPSA) is 38.9 Å². The van der Waals surface area contributed by atoms with E-state index in [1.807, 2.05) is 12.3 Å². The first-order chi connectivity index (χ1) is 11.2. The monoisotopic (exact) mass is 316 g/mol. The second-order valence-corrected chi connectivity index (χ2v) is 6.86. The van der Waals surface area contributed by atoms with Crippen molar-refractivity contribution < 1.29 is 0 Å². The molecule has 4 aromatic rings. The Labute approximate surface area is 139 Å². The SMILES string of the molecule is Cc1cc2c(-c3cccc(-c4ccccc4)c3)cnc(N)c2s1. The van der Waals surface area contributed by atoms with E-state index in [-0.39, 0.29) is 0 Å². The Morgan fingerprint density at radius 3 is 2.43 bits per heavy atom. The number of rotatable bonds is 2. The third-order valence-electron chi connectivity index (χ3n) is 3.99. The van der Waals surface area contributed by atoms with Gasteiger partial charge in [-0.05, 0) is 35.7 Å². The minimum atomic E-state index is 0.612. The van der Waals surface area contributed by atoms with E-state index in [1.54, 1.807) is 11.3 Å². The van der Waals surface area contributed by atoms with Crippen molar-refractivity contribution in [3.63, 3.8) is 0 Å². The van der Waals surface area contributed by atoms with Gasteiger partial charge in [-0.1, -0.05) is 48.5 Å². The largest absolute Gasteiger partial charge is 0.383 e. The van der Waals surface area contributed by atoms with Gasteiger partial charge in [-0.25, -0.2) is 4.98 Å². The van der Waals surface area contributed by atoms with Crippen LogP contribution in [0, 0.1) is 6.92 Å². The molecule has 2 aromatic carbocycles. The highest BCUT2D eigenvalue weighted by molar-refractivity contribution is 7.19. The molecule has 23 heavy (non-hydrogen) atoms. The molecular formula is C20H16N2S. The molecule has 0 fully saturated rings. The molecule has 0 saturated carbocycles. The van der Waals surface area contributed by atoms with Crippen LogP contribution < -0.4 is 5.73 Å². The highest BCUT2D eigenvalue weighted by Crippen LogP contribution is 2.37. The van der Waals surface area contributed by atoms with Gasteiger partial charge in [0.1, 0.15) is 5.82 Å². The summed E-state index contributed by atoms with van der Waals surface area (Å²) < 4.78 is 1.07. The zero-order chi connectivity index (χ0) is 15.8. The van der Waals surface area contributed by atoms with Crippen LogP contribution in [-0.4, -0.2) is 4.98 Å². The molecule has 2 N–H and O–H groups in total. The van der Waals surface area contributed by atoms with Gasteiger partial charge < -0.3 is 5.73 Å². The van der Waals surface area contributed by atoms with Crippen molar-refractivity contribution in [2.24, 2.45) is 0 Å². The van der Waals surface area contributed by atoms with Crippen LogP contribution in [0.5, 0.6) is 0 Å². The van der Waals surface area contributed by atoms with Gasteiger partial charge in [-0.15, -0.1) is 11.3 Å². The van der Waals surface area contributed by atoms with Crippen molar-refractivity contribution in [3.05, 3.63) is 71.7 Å². The first kappa shape index (κ1) is 14.0. The van der Waals surface area contributed by atoms with Crippen LogP contribution in [0.25, 0.3) is 32.3 Å². The van der Waals surface area contributed by atoms with Crippen LogP contribution >= 0.6 is 11.3 Å². The van der Waals surface area contributed by atoms with Crippen LogP contribution in [-0.2, 0) is 0 Å². The number of pyridine rings is 1. The van der Waals surface area contributed by atoms with Crippen molar-refractivity contribution in [2.45, 2.75) is 6.92 Å². The van der Waals surface area contributed by atoms with E-state index >= 15 is 0 Å². The molecule has 2 aromatic heterocycles. The minimum absolute atomic E-state index is 0.612. The summed E-state index contributed by atoms with van der Waals surface area (Å²) in [5, 5.41) is 1.19. The Morgan fingerprint density at radius 2 is 1.61 bits per heavy atom. The summed E-state index contributed by atoms with van der Waals surface area (Å²) in [5.41, 5.74) is 10.8. The Balaban J connectivity index is 1.91. The molecule has 2 heterocycles. The van der Waals surface area contributed by atoms with Crippen molar-refractivity contribution >= 4 is 27.2 Å². The smallest absolute Gasteiger partial charge is 0.141 e. The lowest BCUT2D eigenvalue weighted by atomic mass is 9.98. The lowest BCUT2D eigenvalue weighted by molar-refractivity contribution is 1.37. The molecular weight excluding hydrogens is 300 g/mol. The number of nitrogens with zero attached hydrogens (tertiary/aromatic N) is 1. The average molecular weight is 316 g/mol. The molecule has 2 nitrogen and oxygen atoms in total. The van der Waals surface area contributed by atoms with Gasteiger partial charge in [0, 0.05) is 22.0 Å². The van der Waals surface area contributed by atoms with Crippen LogP contribution in [0.2, 0.25) is 0 Å². The summed E-state index contributed by atoms with van der Waals surface area (Å²) >= 11 is 1.70. The van der Waals surface area contributed by atoms with Crippen LogP contribution in [0.1, 0.15) is 4.88 Å². The number of anilines is 1. The summed E-state index contributed by atoms with van der Waals surface area (Å²) in [6.07, 6.45) is 1.88. The molecule has 0 unspecified atom stereocenters. The Morgan fingerprint density at radius 1 is 0.870 bits per heavy atom. The maximum Gasteiger partial charge on any atom is 0.141 e. The number of nitrogens with two attached hydrogens (primary N) is 1. The van der Waals surface area contributed by atoms with E-state index in [4.69, 9.17) is 5.73 Å². The fourth-order valence-corrected chi connectivity index (χ4v) is 3.83. The third-order valence-corrected chi connectivity index (χ3v) is 5.06. The number of hydrogen-bond acceptors (Lipinski definition) is 3. The van der Waals surface area contributed by atoms with E-state index in [0.717, 1.165) is 10.3 Å². The zero-order valence-corrected chi connectivity index (χ0v) is 13.6. The summed E-state index contributed by atoms with van der Waals surface area (Å²) in [5.74, 6) is 0.612. The molecule has 0 atom stereocenters. The van der Waals surface area contributed by atoms with Gasteiger partial charge in [0.2, 0.25) is 0 Å². The first-order valence-electron chi connectivity index (χ1n) is 7.53. The Hall–Kier alpha value is -2.65. The number of benzene rings is 2. The summed E-state index contributed by atoms with van der Waals surface area (Å²) in [6.45, 7) is 2.11. The van der Waals surface area contributed by atoms with Crippen molar-refractivity contribution in [1.29, 1.82) is 0 Å². The quantitative estimate of drug-likeness (QED) is 0.529. The summed E-state index contributed by atoms with van der Waals surface area (Å²) in [6, 6.07) is 21.2. The van der Waals surface area contributed by atoms with Crippen molar-refractivity contribution in [1.82, 2.24) is 4.98 Å². The van der Waals surface area contributed by atoms with Gasteiger partial charge in [-0.2, -0.15) is 0 Å². The Kier molecular flexibility index (Phi) is 3.36. The number of aromatic nitrogens is 1. The number of hydrogen-bond donors (Lipinski definition) is 1. The maximum atomic E-state index is 6.04. The molecule has 0 amide bonds. The number of thiophene rings is 1. The van der Waals surface area contributed by atoms with E-state index in [1.165, 1.54) is 27.0 Å². The zero-order valence-electron chi connectivity index (χ0n) is 12.8. The van der Waals surface area contributed by atoms with Gasteiger partial charge in [0.15, 0.2) is 0 Å². The average Bonchev–Trinajstić information content (AvgIpc) is 2.98. The van der Waals surface area contributed by atoms with E-state index < -0.39 is 0 Å². The second kappa shape index (κ2) is 5.52. The van der Waals surface area contributed by atoms with Crippen LogP contribution in [0.3, 0.4) is 0 Å². The summed E-state index contributed by atoms with van der Waals surface area (Å²) in [7, 11) is 0. The predicted octanol–water partition coefficient (Wildman–Crippen LogP) is 5.52. The first-order valence-corrected chi connectivity index (χ1v) is 8.34. The number of fused-ring (bicyclic) bond motifs is 1. The standard InChI is InChI=1S/C20H16N2S/c1-13-10-17-18(12-22-20(21)19(17)23-13)16-9-5-8-15(11-16)14-6-3-2-4-7-14/h2-12H,1H3,(H2,21,22). The van der Waals surface area contributed by atoms with E-state index in [9.17, 15) is 0 Å². The van der Waals surface area contributed by atoms with Crippen molar-refractivity contribution in [2.75, 3.05) is 5.73 Å². The second-order valence-electron chi connectivity index (χ2n) is 5.60. The molecule has 3 heteroatoms. The minimum Gasteiger partial charge on any atom is -0.383 e. The molecule has 112 valence electrons. The van der Waals surface area contributed by atoms with Gasteiger partial charge in [0.05, 0.1) is 4.70 Å². The maximum absolute atomic E-state index is 6.04. The third kappa shape index (κ3) is 2.49. The summed E-state index contributed by atoms with van der Waals surface area (Å²) in [4.78, 5) is 5.64. The number of nitrogen functional groups attached to an aromatic ring is 1. The van der Waals surface area contributed by atoms with Crippen LogP contribution in [0.15, 0.2) is 66.9 Å². The number of aryl methyl sites for hydroxylation is 1. The van der Waals surface area contributed by atoms with Crippen molar-refractivity contribution in [3.8, 4) is 22.3 Å². The van der Waals surface area contributed by atoms with E-state index in [2.05, 4.69) is 66.5 Å². The van der Waals surface area contributed by atoms with Gasteiger partial charge in [0.25, 0.3) is 0 Å². The molecule has 0 aliphatic rings. The molecule has 0 saturated heterocycles.